The molecule has 2 nitrogen and oxygen atoms in total. The number of benzene rings is 1. The van der Waals surface area contributed by atoms with Gasteiger partial charge in [-0.25, -0.2) is 0 Å². The molecule has 1 N–H and O–H groups in total. The Morgan fingerprint density at radius 1 is 1.45 bits per heavy atom. The van der Waals surface area contributed by atoms with Crippen molar-refractivity contribution in [1.29, 1.82) is 0 Å². The van der Waals surface area contributed by atoms with Crippen LogP contribution in [0.1, 0.15) is 26.3 Å². The molecule has 0 aliphatic carbocycles. The molecule has 0 radical (unpaired) electrons. The Morgan fingerprint density at radius 3 is 2.65 bits per heavy atom. The average Bonchev–Trinajstić information content (AvgIpc) is 2.39. The van der Waals surface area contributed by atoms with Gasteiger partial charge in [0.25, 0.3) is 0 Å². The molecule has 110 valence electrons. The molecule has 0 bridgehead atoms. The van der Waals surface area contributed by atoms with Gasteiger partial charge in [0.1, 0.15) is 0 Å². The van der Waals surface area contributed by atoms with Crippen LogP contribution in [0.4, 0.5) is 0 Å². The lowest BCUT2D eigenvalue weighted by atomic mass is 9.86. The van der Waals surface area contributed by atoms with Gasteiger partial charge in [-0.05, 0) is 18.4 Å². The number of nitrogens with one attached hydrogen (secondary N) is 1. The Morgan fingerprint density at radius 2 is 2.10 bits per heavy atom. The van der Waals surface area contributed by atoms with Crippen molar-refractivity contribution >= 4 is 11.6 Å². The Labute approximate surface area is 127 Å². The third-order valence-corrected chi connectivity index (χ3v) is 4.36. The van der Waals surface area contributed by atoms with Crippen LogP contribution in [0.25, 0.3) is 0 Å². The van der Waals surface area contributed by atoms with Crippen molar-refractivity contribution in [2.75, 3.05) is 19.6 Å². The number of hydrogen-bond acceptors (Lipinski definition) is 2. The smallest absolute Gasteiger partial charge is 0.0535 e. The highest BCUT2D eigenvalue weighted by Crippen LogP contribution is 2.29. The van der Waals surface area contributed by atoms with Crippen LogP contribution < -0.4 is 5.32 Å². The van der Waals surface area contributed by atoms with E-state index in [1.807, 2.05) is 0 Å². The van der Waals surface area contributed by atoms with Crippen LogP contribution in [0.5, 0.6) is 0 Å². The number of nitrogens with zero attached hydrogens (tertiary/aromatic N) is 1. The van der Waals surface area contributed by atoms with Gasteiger partial charge in [-0.15, -0.1) is 0 Å². The number of rotatable bonds is 4. The molecule has 2 rings (SSSR count). The molecule has 1 fully saturated rings. The monoisotopic (exact) mass is 292 g/mol. The highest BCUT2D eigenvalue weighted by molar-refractivity contribution is 6.29. The first kappa shape index (κ1) is 15.6. The van der Waals surface area contributed by atoms with Crippen LogP contribution in [-0.2, 0) is 5.54 Å². The quantitative estimate of drug-likeness (QED) is 0.912. The lowest BCUT2D eigenvalue weighted by Crippen LogP contribution is -2.62. The SMILES string of the molecule is C=C(Cl)CN1CC(C)(c2ccccc2)NCC1C(C)C. The van der Waals surface area contributed by atoms with Gasteiger partial charge < -0.3 is 5.32 Å². The highest BCUT2D eigenvalue weighted by Gasteiger charge is 2.37. The van der Waals surface area contributed by atoms with E-state index in [4.69, 9.17) is 11.6 Å². The summed E-state index contributed by atoms with van der Waals surface area (Å²) in [5, 5.41) is 4.45. The fourth-order valence-corrected chi connectivity index (χ4v) is 3.24. The van der Waals surface area contributed by atoms with Gasteiger partial charge in [0.05, 0.1) is 5.54 Å². The Kier molecular flexibility index (Phi) is 4.90. The van der Waals surface area contributed by atoms with Gasteiger partial charge in [0, 0.05) is 30.7 Å². The number of halogens is 1. The van der Waals surface area contributed by atoms with E-state index in [2.05, 4.69) is 67.9 Å². The standard InChI is InChI=1S/C17H25ClN2/c1-13(2)16-10-19-17(4,12-20(16)11-14(3)18)15-8-6-5-7-9-15/h5-9,13,16,19H,3,10-12H2,1-2,4H3. The Hall–Kier alpha value is -0.830. The van der Waals surface area contributed by atoms with Gasteiger partial charge in [-0.1, -0.05) is 62.4 Å². The van der Waals surface area contributed by atoms with E-state index >= 15 is 0 Å². The maximum Gasteiger partial charge on any atom is 0.0535 e. The molecular formula is C17H25ClN2. The Balaban J connectivity index is 2.21. The summed E-state index contributed by atoms with van der Waals surface area (Å²) in [6.45, 7) is 13.4. The fraction of sp³-hybridized carbons (Fsp3) is 0.529. The van der Waals surface area contributed by atoms with Crippen molar-refractivity contribution in [2.45, 2.75) is 32.4 Å². The highest BCUT2D eigenvalue weighted by atomic mass is 35.5. The molecule has 0 saturated carbocycles. The van der Waals surface area contributed by atoms with Gasteiger partial charge >= 0.3 is 0 Å². The molecule has 1 saturated heterocycles. The maximum absolute atomic E-state index is 6.06. The van der Waals surface area contributed by atoms with Crippen molar-refractivity contribution < 1.29 is 0 Å². The minimum Gasteiger partial charge on any atom is -0.305 e. The molecule has 2 atom stereocenters. The lowest BCUT2D eigenvalue weighted by molar-refractivity contribution is 0.0707. The van der Waals surface area contributed by atoms with E-state index < -0.39 is 0 Å². The largest absolute Gasteiger partial charge is 0.305 e. The minimum absolute atomic E-state index is 0.0288. The van der Waals surface area contributed by atoms with E-state index in [0.29, 0.717) is 17.0 Å². The van der Waals surface area contributed by atoms with Crippen LogP contribution in [0, 0.1) is 5.92 Å². The summed E-state index contributed by atoms with van der Waals surface area (Å²) < 4.78 is 0. The summed E-state index contributed by atoms with van der Waals surface area (Å²) in [4.78, 5) is 2.46. The Bertz CT molecular complexity index is 457. The second kappa shape index (κ2) is 6.30. The first-order valence-electron chi connectivity index (χ1n) is 7.30. The van der Waals surface area contributed by atoms with Gasteiger partial charge in [-0.2, -0.15) is 0 Å². The topological polar surface area (TPSA) is 15.3 Å². The molecular weight excluding hydrogens is 268 g/mol. The van der Waals surface area contributed by atoms with Crippen molar-refractivity contribution in [3.05, 3.63) is 47.5 Å². The molecule has 1 aliphatic heterocycles. The number of hydrogen-bond donors (Lipinski definition) is 1. The van der Waals surface area contributed by atoms with Crippen molar-refractivity contribution in [3.8, 4) is 0 Å². The summed E-state index contributed by atoms with van der Waals surface area (Å²) in [6.07, 6.45) is 0. The molecule has 3 heteroatoms. The average molecular weight is 293 g/mol. The second-order valence-corrected chi connectivity index (χ2v) is 6.85. The first-order valence-corrected chi connectivity index (χ1v) is 7.68. The molecule has 2 unspecified atom stereocenters. The summed E-state index contributed by atoms with van der Waals surface area (Å²) >= 11 is 6.06. The van der Waals surface area contributed by atoms with Crippen molar-refractivity contribution in [2.24, 2.45) is 5.92 Å². The van der Waals surface area contributed by atoms with Crippen LogP contribution >= 0.6 is 11.6 Å². The summed E-state index contributed by atoms with van der Waals surface area (Å²) in [5.41, 5.74) is 1.30. The first-order chi connectivity index (χ1) is 9.42. The molecule has 1 aromatic carbocycles. The molecule has 1 aromatic rings. The van der Waals surface area contributed by atoms with E-state index in [0.717, 1.165) is 19.6 Å². The minimum atomic E-state index is -0.0288. The van der Waals surface area contributed by atoms with E-state index in [-0.39, 0.29) is 5.54 Å². The van der Waals surface area contributed by atoms with Crippen LogP contribution in [0.2, 0.25) is 0 Å². The molecule has 0 aromatic heterocycles. The summed E-state index contributed by atoms with van der Waals surface area (Å²) in [6, 6.07) is 11.1. The van der Waals surface area contributed by atoms with Crippen molar-refractivity contribution in [1.82, 2.24) is 10.2 Å². The second-order valence-electron chi connectivity index (χ2n) is 6.31. The predicted molar refractivity (Wildman–Crippen MR) is 87.0 cm³/mol. The zero-order chi connectivity index (χ0) is 14.8. The van der Waals surface area contributed by atoms with Crippen LogP contribution in [-0.4, -0.2) is 30.6 Å². The van der Waals surface area contributed by atoms with Gasteiger partial charge in [-0.3, -0.25) is 4.90 Å². The van der Waals surface area contributed by atoms with Crippen LogP contribution in [0.3, 0.4) is 0 Å². The van der Waals surface area contributed by atoms with Gasteiger partial charge in [0.15, 0.2) is 0 Å². The van der Waals surface area contributed by atoms with Gasteiger partial charge in [0.2, 0.25) is 0 Å². The zero-order valence-corrected chi connectivity index (χ0v) is 13.5. The molecule has 1 aliphatic rings. The molecule has 1 heterocycles. The summed E-state index contributed by atoms with van der Waals surface area (Å²) in [7, 11) is 0. The van der Waals surface area contributed by atoms with E-state index in [9.17, 15) is 0 Å². The van der Waals surface area contributed by atoms with E-state index in [1.165, 1.54) is 5.56 Å². The lowest BCUT2D eigenvalue weighted by Gasteiger charge is -2.48. The molecule has 20 heavy (non-hydrogen) atoms. The zero-order valence-electron chi connectivity index (χ0n) is 12.7. The van der Waals surface area contributed by atoms with E-state index in [1.54, 1.807) is 0 Å². The normalized spacial score (nSPS) is 27.8. The van der Waals surface area contributed by atoms with Crippen LogP contribution in [0.15, 0.2) is 41.9 Å². The summed E-state index contributed by atoms with van der Waals surface area (Å²) in [5.74, 6) is 0.596. The number of piperazine rings is 1. The fourth-order valence-electron chi connectivity index (χ4n) is 3.09. The third-order valence-electron chi connectivity index (χ3n) is 4.24. The predicted octanol–water partition coefficient (Wildman–Crippen LogP) is 3.58. The third kappa shape index (κ3) is 3.43. The molecule has 0 amide bonds. The molecule has 0 spiro atoms. The maximum atomic E-state index is 6.06. The van der Waals surface area contributed by atoms with Crippen molar-refractivity contribution in [3.63, 3.8) is 0 Å².